The summed E-state index contributed by atoms with van der Waals surface area (Å²) in [6.07, 6.45) is 1.74. The Morgan fingerprint density at radius 2 is 2.31 bits per heavy atom. The van der Waals surface area contributed by atoms with E-state index in [2.05, 4.69) is 10.6 Å². The van der Waals surface area contributed by atoms with Crippen LogP contribution in [0.4, 0.5) is 0 Å². The van der Waals surface area contributed by atoms with Crippen LogP contribution in [0, 0.1) is 0 Å². The number of hydrogen-bond donors (Lipinski definition) is 2. The van der Waals surface area contributed by atoms with Crippen molar-refractivity contribution in [3.05, 3.63) is 0 Å². The van der Waals surface area contributed by atoms with Gasteiger partial charge in [-0.2, -0.15) is 0 Å². The van der Waals surface area contributed by atoms with Gasteiger partial charge in [0, 0.05) is 33.4 Å². The average molecular weight is 230 g/mol. The van der Waals surface area contributed by atoms with Crippen LogP contribution < -0.4 is 10.6 Å². The molecule has 0 aliphatic carbocycles. The van der Waals surface area contributed by atoms with Gasteiger partial charge < -0.3 is 20.1 Å². The standard InChI is InChI=1S/C11H22N2O3/c1-8(4-5-15-2)13-11(14)10-6-9(16-3)7-12-10/h8-10,12H,4-7H2,1-3H3,(H,13,14). The Morgan fingerprint density at radius 3 is 2.88 bits per heavy atom. The van der Waals surface area contributed by atoms with Crippen LogP contribution in [-0.4, -0.2) is 51.5 Å². The zero-order chi connectivity index (χ0) is 12.0. The highest BCUT2D eigenvalue weighted by atomic mass is 16.5. The molecule has 0 bridgehead atoms. The van der Waals surface area contributed by atoms with Crippen LogP contribution in [0.1, 0.15) is 19.8 Å². The molecule has 16 heavy (non-hydrogen) atoms. The summed E-state index contributed by atoms with van der Waals surface area (Å²) in [5.41, 5.74) is 0. The van der Waals surface area contributed by atoms with Crippen molar-refractivity contribution in [3.8, 4) is 0 Å². The van der Waals surface area contributed by atoms with Gasteiger partial charge in [-0.1, -0.05) is 0 Å². The molecule has 1 saturated heterocycles. The second kappa shape index (κ2) is 6.83. The zero-order valence-corrected chi connectivity index (χ0v) is 10.3. The van der Waals surface area contributed by atoms with Crippen molar-refractivity contribution in [1.29, 1.82) is 0 Å². The monoisotopic (exact) mass is 230 g/mol. The van der Waals surface area contributed by atoms with Gasteiger partial charge in [0.15, 0.2) is 0 Å². The van der Waals surface area contributed by atoms with Crippen molar-refractivity contribution < 1.29 is 14.3 Å². The SMILES string of the molecule is COCCC(C)NC(=O)C1CC(OC)CN1. The van der Waals surface area contributed by atoms with Gasteiger partial charge in [0.1, 0.15) is 0 Å². The predicted molar refractivity (Wildman–Crippen MR) is 61.3 cm³/mol. The smallest absolute Gasteiger partial charge is 0.237 e. The molecular weight excluding hydrogens is 208 g/mol. The van der Waals surface area contributed by atoms with E-state index in [-0.39, 0.29) is 24.1 Å². The maximum absolute atomic E-state index is 11.8. The molecule has 5 nitrogen and oxygen atoms in total. The van der Waals surface area contributed by atoms with Crippen molar-refractivity contribution in [2.45, 2.75) is 38.0 Å². The highest BCUT2D eigenvalue weighted by molar-refractivity contribution is 5.82. The van der Waals surface area contributed by atoms with Crippen LogP contribution in [0.2, 0.25) is 0 Å². The molecule has 0 aromatic carbocycles. The molecule has 94 valence electrons. The third kappa shape index (κ3) is 4.08. The van der Waals surface area contributed by atoms with E-state index in [0.717, 1.165) is 19.4 Å². The summed E-state index contributed by atoms with van der Waals surface area (Å²) in [5, 5.41) is 6.11. The molecule has 1 amide bonds. The van der Waals surface area contributed by atoms with Gasteiger partial charge in [0.2, 0.25) is 5.91 Å². The van der Waals surface area contributed by atoms with Crippen LogP contribution in [0.25, 0.3) is 0 Å². The molecule has 3 atom stereocenters. The lowest BCUT2D eigenvalue weighted by atomic mass is 10.1. The molecule has 0 aromatic heterocycles. The Hall–Kier alpha value is -0.650. The Balaban J connectivity index is 2.24. The number of ether oxygens (including phenoxy) is 2. The number of carbonyl (C=O) groups is 1. The molecule has 0 spiro atoms. The number of amides is 1. The van der Waals surface area contributed by atoms with E-state index in [1.807, 2.05) is 6.92 Å². The van der Waals surface area contributed by atoms with E-state index < -0.39 is 0 Å². The summed E-state index contributed by atoms with van der Waals surface area (Å²) in [6.45, 7) is 3.40. The average Bonchev–Trinajstić information content (AvgIpc) is 2.74. The van der Waals surface area contributed by atoms with E-state index in [1.165, 1.54) is 0 Å². The fourth-order valence-electron chi connectivity index (χ4n) is 1.79. The highest BCUT2D eigenvalue weighted by Gasteiger charge is 2.29. The number of rotatable bonds is 6. The molecule has 5 heteroatoms. The minimum Gasteiger partial charge on any atom is -0.385 e. The zero-order valence-electron chi connectivity index (χ0n) is 10.3. The molecular formula is C11H22N2O3. The summed E-state index contributed by atoms with van der Waals surface area (Å²) in [4.78, 5) is 11.8. The minimum atomic E-state index is -0.116. The molecule has 2 N–H and O–H groups in total. The van der Waals surface area contributed by atoms with Crippen molar-refractivity contribution in [3.63, 3.8) is 0 Å². The number of carbonyl (C=O) groups excluding carboxylic acids is 1. The van der Waals surface area contributed by atoms with Gasteiger partial charge in [-0.05, 0) is 19.8 Å². The van der Waals surface area contributed by atoms with Crippen molar-refractivity contribution in [1.82, 2.24) is 10.6 Å². The summed E-state index contributed by atoms with van der Waals surface area (Å²) in [5.74, 6) is 0.0585. The maximum atomic E-state index is 11.8. The summed E-state index contributed by atoms with van der Waals surface area (Å²) in [6, 6.07) is 0.0331. The lowest BCUT2D eigenvalue weighted by Crippen LogP contribution is -2.44. The molecule has 1 heterocycles. The first-order chi connectivity index (χ1) is 7.67. The third-order valence-electron chi connectivity index (χ3n) is 2.88. The first-order valence-corrected chi connectivity index (χ1v) is 5.72. The van der Waals surface area contributed by atoms with Crippen molar-refractivity contribution in [2.24, 2.45) is 0 Å². The number of hydrogen-bond acceptors (Lipinski definition) is 4. The molecule has 1 aliphatic rings. The molecule has 1 rings (SSSR count). The number of nitrogens with one attached hydrogen (secondary N) is 2. The molecule has 1 fully saturated rings. The molecule has 0 radical (unpaired) electrons. The van der Waals surface area contributed by atoms with E-state index >= 15 is 0 Å². The number of methoxy groups -OCH3 is 2. The Kier molecular flexibility index (Phi) is 5.73. The largest absolute Gasteiger partial charge is 0.385 e. The van der Waals surface area contributed by atoms with Crippen LogP contribution in [-0.2, 0) is 14.3 Å². The second-order valence-electron chi connectivity index (χ2n) is 4.25. The minimum absolute atomic E-state index is 0.0585. The summed E-state index contributed by atoms with van der Waals surface area (Å²) in [7, 11) is 3.34. The quantitative estimate of drug-likeness (QED) is 0.669. The van der Waals surface area contributed by atoms with E-state index in [9.17, 15) is 4.79 Å². The maximum Gasteiger partial charge on any atom is 0.237 e. The van der Waals surface area contributed by atoms with Gasteiger partial charge in [-0.15, -0.1) is 0 Å². The van der Waals surface area contributed by atoms with Crippen molar-refractivity contribution >= 4 is 5.91 Å². The summed E-state index contributed by atoms with van der Waals surface area (Å²) < 4.78 is 10.2. The summed E-state index contributed by atoms with van der Waals surface area (Å²) >= 11 is 0. The van der Waals surface area contributed by atoms with Gasteiger partial charge >= 0.3 is 0 Å². The predicted octanol–water partition coefficient (Wildman–Crippen LogP) is -0.0955. The van der Waals surface area contributed by atoms with Crippen LogP contribution in [0.3, 0.4) is 0 Å². The molecule has 0 saturated carbocycles. The highest BCUT2D eigenvalue weighted by Crippen LogP contribution is 2.09. The normalized spacial score (nSPS) is 26.7. The molecule has 0 aromatic rings. The van der Waals surface area contributed by atoms with Gasteiger partial charge in [0.25, 0.3) is 0 Å². The lowest BCUT2D eigenvalue weighted by molar-refractivity contribution is -0.123. The lowest BCUT2D eigenvalue weighted by Gasteiger charge is -2.16. The van der Waals surface area contributed by atoms with Crippen molar-refractivity contribution in [2.75, 3.05) is 27.4 Å². The third-order valence-corrected chi connectivity index (χ3v) is 2.88. The van der Waals surface area contributed by atoms with E-state index in [0.29, 0.717) is 6.61 Å². The molecule has 3 unspecified atom stereocenters. The molecule has 1 aliphatic heterocycles. The van der Waals surface area contributed by atoms with Crippen LogP contribution in [0.15, 0.2) is 0 Å². The van der Waals surface area contributed by atoms with Crippen LogP contribution in [0.5, 0.6) is 0 Å². The second-order valence-corrected chi connectivity index (χ2v) is 4.25. The first kappa shape index (κ1) is 13.4. The Bertz CT molecular complexity index is 223. The Labute approximate surface area is 96.9 Å². The fourth-order valence-corrected chi connectivity index (χ4v) is 1.79. The Morgan fingerprint density at radius 1 is 1.56 bits per heavy atom. The van der Waals surface area contributed by atoms with E-state index in [4.69, 9.17) is 9.47 Å². The van der Waals surface area contributed by atoms with Gasteiger partial charge in [-0.25, -0.2) is 0 Å². The first-order valence-electron chi connectivity index (χ1n) is 5.72. The fraction of sp³-hybridized carbons (Fsp3) is 0.909. The van der Waals surface area contributed by atoms with Crippen LogP contribution >= 0.6 is 0 Å². The van der Waals surface area contributed by atoms with Gasteiger partial charge in [0.05, 0.1) is 12.1 Å². The van der Waals surface area contributed by atoms with E-state index in [1.54, 1.807) is 14.2 Å². The topological polar surface area (TPSA) is 59.6 Å². The van der Waals surface area contributed by atoms with Gasteiger partial charge in [-0.3, -0.25) is 4.79 Å².